The predicted octanol–water partition coefficient (Wildman–Crippen LogP) is 2.73. The molecule has 1 unspecified atom stereocenters. The summed E-state index contributed by atoms with van der Waals surface area (Å²) in [7, 11) is 0. The van der Waals surface area contributed by atoms with Gasteiger partial charge in [0.25, 0.3) is 5.91 Å². The number of pyridine rings is 1. The van der Waals surface area contributed by atoms with Crippen LogP contribution in [0.3, 0.4) is 0 Å². The number of carbonyl (C=O) groups excluding carboxylic acids is 1. The van der Waals surface area contributed by atoms with E-state index in [1.54, 1.807) is 16.8 Å². The lowest BCUT2D eigenvalue weighted by molar-refractivity contribution is 0.0934. The minimum atomic E-state index is -0.347. The summed E-state index contributed by atoms with van der Waals surface area (Å²) in [5.74, 6) is -0.201. The molecule has 4 rings (SSSR count). The lowest BCUT2D eigenvalue weighted by Gasteiger charge is -2.18. The number of aromatic nitrogens is 3. The monoisotopic (exact) mass is 404 g/mol. The number of amides is 1. The van der Waals surface area contributed by atoms with Gasteiger partial charge in [-0.3, -0.25) is 9.78 Å². The van der Waals surface area contributed by atoms with Gasteiger partial charge in [0, 0.05) is 18.3 Å². The lowest BCUT2D eigenvalue weighted by atomic mass is 10.1. The van der Waals surface area contributed by atoms with Crippen molar-refractivity contribution in [1.29, 1.82) is 5.26 Å². The molecule has 3 N–H and O–H groups in total. The van der Waals surface area contributed by atoms with Crippen LogP contribution < -0.4 is 10.6 Å². The van der Waals surface area contributed by atoms with Crippen LogP contribution in [0.5, 0.6) is 0 Å². The minimum Gasteiger partial charge on any atom is -0.393 e. The summed E-state index contributed by atoms with van der Waals surface area (Å²) in [4.78, 5) is 17.4. The number of fused-ring (bicyclic) bond motifs is 1. The van der Waals surface area contributed by atoms with Crippen LogP contribution in [-0.2, 0) is 0 Å². The van der Waals surface area contributed by atoms with Gasteiger partial charge in [0.05, 0.1) is 46.0 Å². The standard InChI is InChI=1S/C22H24N6O2/c1-13(2)26-19-9-20(21-6-4-16-7-14(10-23)11-25-28(16)21)24-12-18(19)22(30)27-15-3-5-17(29)8-15/h4,6-7,9,11-13,15,17,29H,3,5,8H2,1-2H3,(H,24,26)(H,27,30)/t15-,17?/m1/s1. The van der Waals surface area contributed by atoms with Crippen LogP contribution in [0.2, 0.25) is 0 Å². The maximum Gasteiger partial charge on any atom is 0.255 e. The number of nitrogens with one attached hydrogen (secondary N) is 2. The number of carbonyl (C=O) groups is 1. The van der Waals surface area contributed by atoms with E-state index in [0.29, 0.717) is 35.3 Å². The first-order valence-electron chi connectivity index (χ1n) is 10.1. The largest absolute Gasteiger partial charge is 0.393 e. The Morgan fingerprint density at radius 1 is 1.30 bits per heavy atom. The molecule has 1 saturated carbocycles. The van der Waals surface area contributed by atoms with E-state index in [1.165, 1.54) is 6.20 Å². The van der Waals surface area contributed by atoms with Gasteiger partial charge in [-0.1, -0.05) is 0 Å². The van der Waals surface area contributed by atoms with Crippen molar-refractivity contribution in [3.8, 4) is 17.5 Å². The van der Waals surface area contributed by atoms with Gasteiger partial charge in [0.2, 0.25) is 0 Å². The number of nitriles is 1. The number of hydrogen-bond donors (Lipinski definition) is 3. The summed E-state index contributed by atoms with van der Waals surface area (Å²) in [5.41, 5.74) is 3.89. The zero-order valence-corrected chi connectivity index (χ0v) is 17.0. The second-order valence-electron chi connectivity index (χ2n) is 7.96. The molecule has 3 heterocycles. The Bertz CT molecular complexity index is 1130. The Morgan fingerprint density at radius 3 is 2.83 bits per heavy atom. The zero-order chi connectivity index (χ0) is 21.3. The average Bonchev–Trinajstić information content (AvgIpc) is 3.32. The van der Waals surface area contributed by atoms with Crippen LogP contribution in [0, 0.1) is 11.3 Å². The van der Waals surface area contributed by atoms with Crippen molar-refractivity contribution in [2.45, 2.75) is 51.3 Å². The molecule has 0 spiro atoms. The van der Waals surface area contributed by atoms with Crippen LogP contribution in [-0.4, -0.2) is 43.8 Å². The molecule has 1 amide bonds. The Hall–Kier alpha value is -3.44. The van der Waals surface area contributed by atoms with E-state index in [-0.39, 0.29) is 24.1 Å². The van der Waals surface area contributed by atoms with Gasteiger partial charge in [0.1, 0.15) is 6.07 Å². The normalized spacial score (nSPS) is 18.5. The molecule has 0 aliphatic heterocycles. The summed E-state index contributed by atoms with van der Waals surface area (Å²) in [5, 5.41) is 29.5. The lowest BCUT2D eigenvalue weighted by Crippen LogP contribution is -2.34. The predicted molar refractivity (Wildman–Crippen MR) is 113 cm³/mol. The molecule has 0 radical (unpaired) electrons. The van der Waals surface area contributed by atoms with Gasteiger partial charge in [-0.15, -0.1) is 0 Å². The zero-order valence-electron chi connectivity index (χ0n) is 17.0. The number of anilines is 1. The van der Waals surface area contributed by atoms with Crippen molar-refractivity contribution in [2.24, 2.45) is 0 Å². The molecule has 8 nitrogen and oxygen atoms in total. The van der Waals surface area contributed by atoms with Crippen molar-refractivity contribution in [3.05, 3.63) is 47.8 Å². The molecule has 1 aliphatic rings. The number of aliphatic hydroxyl groups excluding tert-OH is 1. The fourth-order valence-corrected chi connectivity index (χ4v) is 3.81. The fraction of sp³-hybridized carbons (Fsp3) is 0.364. The minimum absolute atomic E-state index is 0.0211. The Labute approximate surface area is 174 Å². The quantitative estimate of drug-likeness (QED) is 0.602. The second-order valence-corrected chi connectivity index (χ2v) is 7.96. The summed E-state index contributed by atoms with van der Waals surface area (Å²) in [6, 6.07) is 9.58. The van der Waals surface area contributed by atoms with Crippen molar-refractivity contribution in [2.75, 3.05) is 5.32 Å². The molecule has 0 bridgehead atoms. The number of aliphatic hydroxyl groups is 1. The van der Waals surface area contributed by atoms with Gasteiger partial charge in [-0.2, -0.15) is 10.4 Å². The SMILES string of the molecule is CC(C)Nc1cc(-c2ccc3cc(C#N)cnn23)ncc1C(=O)N[C@@H]1CCC(O)C1. The van der Waals surface area contributed by atoms with Crippen molar-refractivity contribution in [3.63, 3.8) is 0 Å². The van der Waals surface area contributed by atoms with E-state index >= 15 is 0 Å². The molecule has 1 fully saturated rings. The molecular weight excluding hydrogens is 380 g/mol. The fourth-order valence-electron chi connectivity index (χ4n) is 3.81. The molecule has 3 aromatic heterocycles. The van der Waals surface area contributed by atoms with Gasteiger partial charge >= 0.3 is 0 Å². The Morgan fingerprint density at radius 2 is 2.13 bits per heavy atom. The molecule has 0 aromatic carbocycles. The average molecular weight is 404 g/mol. The summed E-state index contributed by atoms with van der Waals surface area (Å²) in [6.45, 7) is 4.01. The van der Waals surface area contributed by atoms with Crippen LogP contribution in [0.25, 0.3) is 16.9 Å². The van der Waals surface area contributed by atoms with Gasteiger partial charge in [0.15, 0.2) is 0 Å². The molecule has 3 aromatic rings. The third-order valence-electron chi connectivity index (χ3n) is 5.22. The first kappa shape index (κ1) is 19.9. The highest BCUT2D eigenvalue weighted by Gasteiger charge is 2.25. The third kappa shape index (κ3) is 3.98. The number of hydrogen-bond acceptors (Lipinski definition) is 6. The van der Waals surface area contributed by atoms with Crippen LogP contribution in [0.15, 0.2) is 36.7 Å². The number of rotatable bonds is 5. The van der Waals surface area contributed by atoms with Gasteiger partial charge < -0.3 is 15.7 Å². The summed E-state index contributed by atoms with van der Waals surface area (Å²) < 4.78 is 1.72. The number of nitrogens with zero attached hydrogens (tertiary/aromatic N) is 4. The van der Waals surface area contributed by atoms with Crippen molar-refractivity contribution < 1.29 is 9.90 Å². The summed E-state index contributed by atoms with van der Waals surface area (Å²) >= 11 is 0. The summed E-state index contributed by atoms with van der Waals surface area (Å²) in [6.07, 6.45) is 4.81. The Kier molecular flexibility index (Phi) is 5.38. The van der Waals surface area contributed by atoms with Crippen LogP contribution >= 0.6 is 0 Å². The van der Waals surface area contributed by atoms with E-state index in [4.69, 9.17) is 5.26 Å². The topological polar surface area (TPSA) is 115 Å². The van der Waals surface area contributed by atoms with E-state index in [1.807, 2.05) is 32.0 Å². The first-order valence-corrected chi connectivity index (χ1v) is 10.1. The van der Waals surface area contributed by atoms with E-state index in [2.05, 4.69) is 26.8 Å². The van der Waals surface area contributed by atoms with Crippen LogP contribution in [0.4, 0.5) is 5.69 Å². The van der Waals surface area contributed by atoms with Crippen molar-refractivity contribution in [1.82, 2.24) is 19.9 Å². The van der Waals surface area contributed by atoms with Crippen molar-refractivity contribution >= 4 is 17.1 Å². The first-order chi connectivity index (χ1) is 14.4. The Balaban J connectivity index is 1.67. The molecule has 0 saturated heterocycles. The smallest absolute Gasteiger partial charge is 0.255 e. The highest BCUT2D eigenvalue weighted by atomic mass is 16.3. The van der Waals surface area contributed by atoms with Gasteiger partial charge in [-0.25, -0.2) is 4.52 Å². The van der Waals surface area contributed by atoms with E-state index in [0.717, 1.165) is 17.6 Å². The second kappa shape index (κ2) is 8.13. The molecule has 154 valence electrons. The molecular formula is C22H24N6O2. The highest BCUT2D eigenvalue weighted by Crippen LogP contribution is 2.26. The van der Waals surface area contributed by atoms with Gasteiger partial charge in [-0.05, 0) is 57.4 Å². The highest BCUT2D eigenvalue weighted by molar-refractivity contribution is 6.00. The van der Waals surface area contributed by atoms with E-state index < -0.39 is 0 Å². The maximum absolute atomic E-state index is 12.9. The molecule has 2 atom stereocenters. The molecule has 1 aliphatic carbocycles. The molecule has 8 heteroatoms. The van der Waals surface area contributed by atoms with E-state index in [9.17, 15) is 9.90 Å². The molecule has 30 heavy (non-hydrogen) atoms. The maximum atomic E-state index is 12.9. The third-order valence-corrected chi connectivity index (χ3v) is 5.22. The van der Waals surface area contributed by atoms with Crippen LogP contribution in [0.1, 0.15) is 49.0 Å².